The third-order valence-electron chi connectivity index (χ3n) is 4.84. The highest BCUT2D eigenvalue weighted by Crippen LogP contribution is 2.44. The molecule has 0 N–H and O–H groups in total. The second-order valence-corrected chi connectivity index (χ2v) is 8.48. The first-order valence-corrected chi connectivity index (χ1v) is 10.2. The van der Waals surface area contributed by atoms with Crippen LogP contribution in [0.3, 0.4) is 0 Å². The normalized spacial score (nSPS) is 19.3. The lowest BCUT2D eigenvalue weighted by atomic mass is 9.93. The fourth-order valence-corrected chi connectivity index (χ4v) is 3.36. The van der Waals surface area contributed by atoms with Crippen LogP contribution in [0.4, 0.5) is 4.79 Å². The Bertz CT molecular complexity index is 871. The monoisotopic (exact) mass is 414 g/mol. The molecule has 2 aromatic rings. The van der Waals surface area contributed by atoms with Crippen molar-refractivity contribution in [1.82, 2.24) is 0 Å². The van der Waals surface area contributed by atoms with Crippen LogP contribution in [0.15, 0.2) is 42.5 Å². The van der Waals surface area contributed by atoms with E-state index in [9.17, 15) is 4.79 Å². The average Bonchev–Trinajstić information content (AvgIpc) is 2.66. The Labute approximate surface area is 178 Å². The number of rotatable bonds is 5. The number of ether oxygens (including phenoxy) is 5. The third kappa shape index (κ3) is 5.45. The van der Waals surface area contributed by atoms with Gasteiger partial charge < -0.3 is 23.7 Å². The maximum atomic E-state index is 12.1. The Morgan fingerprint density at radius 3 is 2.47 bits per heavy atom. The number of carbonyl (C=O) groups excluding carboxylic acids is 1. The molecule has 0 unspecified atom stereocenters. The lowest BCUT2D eigenvalue weighted by Crippen LogP contribution is -2.29. The smallest absolute Gasteiger partial charge is 0.493 e. The molecule has 1 heterocycles. The summed E-state index contributed by atoms with van der Waals surface area (Å²) in [4.78, 5) is 12.1. The summed E-state index contributed by atoms with van der Waals surface area (Å²) in [7, 11) is 1.53. The van der Waals surface area contributed by atoms with Crippen molar-refractivity contribution in [3.8, 4) is 17.2 Å². The maximum absolute atomic E-state index is 12.1. The van der Waals surface area contributed by atoms with Gasteiger partial charge in [-0.25, -0.2) is 4.79 Å². The second-order valence-electron chi connectivity index (χ2n) is 8.48. The zero-order valence-corrected chi connectivity index (χ0v) is 18.4. The van der Waals surface area contributed by atoms with Crippen LogP contribution in [-0.2, 0) is 9.47 Å². The number of fused-ring (bicyclic) bond motifs is 1. The molecule has 30 heavy (non-hydrogen) atoms. The first kappa shape index (κ1) is 22.0. The van der Waals surface area contributed by atoms with Gasteiger partial charge in [0.15, 0.2) is 11.5 Å². The van der Waals surface area contributed by atoms with Crippen molar-refractivity contribution in [2.24, 2.45) is 0 Å². The summed E-state index contributed by atoms with van der Waals surface area (Å²) in [5.74, 6) is 1.49. The highest BCUT2D eigenvalue weighted by Gasteiger charge is 2.30. The lowest BCUT2D eigenvalue weighted by Gasteiger charge is -2.32. The molecule has 3 rings (SSSR count). The van der Waals surface area contributed by atoms with E-state index in [0.717, 1.165) is 11.1 Å². The summed E-state index contributed by atoms with van der Waals surface area (Å²) in [5, 5.41) is 0. The van der Waals surface area contributed by atoms with Gasteiger partial charge in [-0.05, 0) is 45.2 Å². The van der Waals surface area contributed by atoms with Crippen LogP contribution < -0.4 is 14.2 Å². The van der Waals surface area contributed by atoms with Gasteiger partial charge in [0.1, 0.15) is 11.4 Å². The molecule has 0 fully saturated rings. The fourth-order valence-electron chi connectivity index (χ4n) is 3.36. The number of hydrogen-bond donors (Lipinski definition) is 0. The van der Waals surface area contributed by atoms with Crippen molar-refractivity contribution < 1.29 is 28.5 Å². The van der Waals surface area contributed by atoms with Crippen LogP contribution in [0.25, 0.3) is 0 Å². The SMILES string of the molecule is COc1cc2c(cc1OC(=O)OC(C)(C)C)O[C@H](O[C@@H](C)c1ccccc1)C[C@@H]2C. The zero-order valence-electron chi connectivity index (χ0n) is 18.4. The Morgan fingerprint density at radius 2 is 1.83 bits per heavy atom. The largest absolute Gasteiger partial charge is 0.514 e. The van der Waals surface area contributed by atoms with Gasteiger partial charge >= 0.3 is 6.16 Å². The van der Waals surface area contributed by atoms with Crippen molar-refractivity contribution in [2.45, 2.75) is 65.0 Å². The van der Waals surface area contributed by atoms with Crippen LogP contribution in [-0.4, -0.2) is 25.2 Å². The molecule has 6 nitrogen and oxygen atoms in total. The minimum absolute atomic E-state index is 0.110. The maximum Gasteiger partial charge on any atom is 0.514 e. The summed E-state index contributed by atoms with van der Waals surface area (Å²) in [6.45, 7) is 9.44. The molecule has 1 aliphatic rings. The van der Waals surface area contributed by atoms with Crippen LogP contribution in [0.1, 0.15) is 64.2 Å². The molecule has 0 radical (unpaired) electrons. The molecule has 0 saturated carbocycles. The second kappa shape index (κ2) is 8.96. The number of benzene rings is 2. The van der Waals surface area contributed by atoms with Gasteiger partial charge in [-0.15, -0.1) is 0 Å². The van der Waals surface area contributed by atoms with Crippen LogP contribution in [0.2, 0.25) is 0 Å². The highest BCUT2D eigenvalue weighted by molar-refractivity contribution is 5.67. The van der Waals surface area contributed by atoms with Gasteiger partial charge in [0.05, 0.1) is 13.2 Å². The van der Waals surface area contributed by atoms with Crippen LogP contribution in [0.5, 0.6) is 17.2 Å². The zero-order chi connectivity index (χ0) is 21.9. The van der Waals surface area contributed by atoms with E-state index in [2.05, 4.69) is 6.92 Å². The molecule has 2 aromatic carbocycles. The van der Waals surface area contributed by atoms with Gasteiger partial charge in [-0.1, -0.05) is 37.3 Å². The Morgan fingerprint density at radius 1 is 1.13 bits per heavy atom. The van der Waals surface area contributed by atoms with E-state index in [0.29, 0.717) is 17.9 Å². The van der Waals surface area contributed by atoms with E-state index >= 15 is 0 Å². The molecule has 0 bridgehead atoms. The molecule has 0 saturated heterocycles. The fraction of sp³-hybridized carbons (Fsp3) is 0.458. The first-order valence-electron chi connectivity index (χ1n) is 10.2. The quantitative estimate of drug-likeness (QED) is 0.442. The molecular formula is C24H30O6. The first-order chi connectivity index (χ1) is 14.2. The van der Waals surface area contributed by atoms with Gasteiger partial charge in [-0.3, -0.25) is 0 Å². The van der Waals surface area contributed by atoms with Crippen molar-refractivity contribution in [2.75, 3.05) is 7.11 Å². The van der Waals surface area contributed by atoms with E-state index in [1.54, 1.807) is 26.8 Å². The minimum Gasteiger partial charge on any atom is -0.493 e. The average molecular weight is 414 g/mol. The molecule has 6 heteroatoms. The molecule has 0 amide bonds. The molecule has 0 spiro atoms. The Kier molecular flexibility index (Phi) is 6.56. The predicted octanol–water partition coefficient (Wildman–Crippen LogP) is 6.00. The van der Waals surface area contributed by atoms with Crippen LogP contribution in [0, 0.1) is 0 Å². The van der Waals surface area contributed by atoms with E-state index in [1.807, 2.05) is 43.3 Å². The van der Waals surface area contributed by atoms with Gasteiger partial charge in [0, 0.05) is 18.1 Å². The predicted molar refractivity (Wildman–Crippen MR) is 113 cm³/mol. The third-order valence-corrected chi connectivity index (χ3v) is 4.84. The molecule has 1 aliphatic heterocycles. The molecule has 3 atom stereocenters. The number of carbonyl (C=O) groups is 1. The van der Waals surface area contributed by atoms with Crippen molar-refractivity contribution >= 4 is 6.16 Å². The Balaban J connectivity index is 1.78. The summed E-state index contributed by atoms with van der Waals surface area (Å²) >= 11 is 0. The van der Waals surface area contributed by atoms with Crippen molar-refractivity contribution in [3.05, 3.63) is 53.6 Å². The Hall–Kier alpha value is -2.73. The number of methoxy groups -OCH3 is 1. The lowest BCUT2D eigenvalue weighted by molar-refractivity contribution is -0.128. The van der Waals surface area contributed by atoms with E-state index < -0.39 is 18.0 Å². The summed E-state index contributed by atoms with van der Waals surface area (Å²) in [6, 6.07) is 13.5. The number of hydrogen-bond acceptors (Lipinski definition) is 6. The highest BCUT2D eigenvalue weighted by atomic mass is 16.7. The van der Waals surface area contributed by atoms with E-state index in [1.165, 1.54) is 7.11 Å². The topological polar surface area (TPSA) is 63.2 Å². The molecule has 0 aromatic heterocycles. The van der Waals surface area contributed by atoms with Crippen molar-refractivity contribution in [3.63, 3.8) is 0 Å². The van der Waals surface area contributed by atoms with E-state index in [-0.39, 0.29) is 17.8 Å². The summed E-state index contributed by atoms with van der Waals surface area (Å²) in [5.41, 5.74) is 1.41. The van der Waals surface area contributed by atoms with E-state index in [4.69, 9.17) is 23.7 Å². The summed E-state index contributed by atoms with van der Waals surface area (Å²) < 4.78 is 28.3. The van der Waals surface area contributed by atoms with Crippen molar-refractivity contribution in [1.29, 1.82) is 0 Å². The minimum atomic E-state index is -0.796. The molecular weight excluding hydrogens is 384 g/mol. The molecule has 0 aliphatic carbocycles. The van der Waals surface area contributed by atoms with Gasteiger partial charge in [-0.2, -0.15) is 0 Å². The van der Waals surface area contributed by atoms with Gasteiger partial charge in [0.2, 0.25) is 6.29 Å². The standard InChI is InChI=1S/C24H30O6/c1-15-12-22(27-16(2)17-10-8-7-9-11-17)28-19-14-21(20(26-6)13-18(15)19)29-23(25)30-24(3,4)5/h7-11,13-16,22H,12H2,1-6H3/t15-,16-,22-/m0/s1. The van der Waals surface area contributed by atoms with Crippen LogP contribution >= 0.6 is 0 Å². The molecule has 162 valence electrons. The summed E-state index contributed by atoms with van der Waals surface area (Å²) in [6.07, 6.45) is -0.610. The van der Waals surface area contributed by atoms with Gasteiger partial charge in [0.25, 0.3) is 0 Å².